The van der Waals surface area contributed by atoms with E-state index in [0.717, 1.165) is 10.8 Å². The quantitative estimate of drug-likeness (QED) is 0.321. The minimum atomic E-state index is -0.954. The van der Waals surface area contributed by atoms with Crippen LogP contribution >= 0.6 is 0 Å². The van der Waals surface area contributed by atoms with Gasteiger partial charge in [0.1, 0.15) is 0 Å². The van der Waals surface area contributed by atoms with Crippen molar-refractivity contribution in [1.29, 1.82) is 0 Å². The zero-order chi connectivity index (χ0) is 19.2. The summed E-state index contributed by atoms with van der Waals surface area (Å²) in [5.74, 6) is -1.83. The number of benzene rings is 3. The zero-order valence-electron chi connectivity index (χ0n) is 14.0. The molecule has 0 bridgehead atoms. The summed E-state index contributed by atoms with van der Waals surface area (Å²) in [5, 5.41) is 18.7. The summed E-state index contributed by atoms with van der Waals surface area (Å²) in [4.78, 5) is 34.2. The van der Waals surface area contributed by atoms with Crippen LogP contribution in [0.25, 0.3) is 10.8 Å². The van der Waals surface area contributed by atoms with Gasteiger partial charge in [0, 0.05) is 28.8 Å². The highest BCUT2D eigenvalue weighted by molar-refractivity contribution is 6.40. The van der Waals surface area contributed by atoms with Gasteiger partial charge in [-0.25, -0.2) is 5.43 Å². The highest BCUT2D eigenvalue weighted by atomic mass is 16.6. The van der Waals surface area contributed by atoms with E-state index in [9.17, 15) is 19.7 Å². The lowest BCUT2D eigenvalue weighted by Gasteiger charge is -2.07. The summed E-state index contributed by atoms with van der Waals surface area (Å²) in [6.45, 7) is 0. The lowest BCUT2D eigenvalue weighted by Crippen LogP contribution is -2.32. The van der Waals surface area contributed by atoms with Gasteiger partial charge >= 0.3 is 11.8 Å². The molecule has 3 rings (SSSR count). The van der Waals surface area contributed by atoms with Crippen LogP contribution in [-0.4, -0.2) is 23.0 Å². The highest BCUT2D eigenvalue weighted by Gasteiger charge is 2.14. The second kappa shape index (κ2) is 7.87. The molecule has 8 nitrogen and oxygen atoms in total. The standard InChI is InChI=1S/C19H14N4O4/c24-18(21-17-10-4-7-14-6-1-2-9-16(14)17)19(25)22-20-12-13-5-3-8-15(11-13)23(26)27/h1-12H,(H,21,24)(H,22,25)/b20-12+. The Morgan fingerprint density at radius 2 is 1.70 bits per heavy atom. The first-order valence-corrected chi connectivity index (χ1v) is 7.91. The fourth-order valence-electron chi connectivity index (χ4n) is 2.45. The normalized spacial score (nSPS) is 10.7. The number of nitro groups is 1. The Kier molecular flexibility index (Phi) is 5.17. The van der Waals surface area contributed by atoms with Crippen molar-refractivity contribution >= 4 is 40.2 Å². The fourth-order valence-corrected chi connectivity index (χ4v) is 2.45. The second-order valence-corrected chi connectivity index (χ2v) is 5.53. The molecule has 0 spiro atoms. The number of carbonyl (C=O) groups excluding carboxylic acids is 2. The number of nitro benzene ring substituents is 1. The topological polar surface area (TPSA) is 114 Å². The van der Waals surface area contributed by atoms with E-state index in [4.69, 9.17) is 0 Å². The lowest BCUT2D eigenvalue weighted by molar-refractivity contribution is -0.384. The van der Waals surface area contributed by atoms with Crippen molar-refractivity contribution in [2.45, 2.75) is 0 Å². The van der Waals surface area contributed by atoms with Gasteiger partial charge in [0.05, 0.1) is 11.1 Å². The molecule has 0 atom stereocenters. The van der Waals surface area contributed by atoms with Crippen LogP contribution in [0.5, 0.6) is 0 Å². The molecule has 0 saturated carbocycles. The van der Waals surface area contributed by atoms with Crippen LogP contribution in [0.1, 0.15) is 5.56 Å². The number of rotatable bonds is 4. The largest absolute Gasteiger partial charge is 0.329 e. The van der Waals surface area contributed by atoms with Gasteiger partial charge in [-0.15, -0.1) is 0 Å². The molecule has 0 aromatic heterocycles. The molecule has 134 valence electrons. The number of hydrazone groups is 1. The van der Waals surface area contributed by atoms with Crippen molar-refractivity contribution in [3.05, 3.63) is 82.4 Å². The number of nitrogens with zero attached hydrogens (tertiary/aromatic N) is 2. The molecule has 0 heterocycles. The fraction of sp³-hybridized carbons (Fsp3) is 0. The molecule has 0 aliphatic heterocycles. The van der Waals surface area contributed by atoms with Crippen LogP contribution in [0.3, 0.4) is 0 Å². The number of fused-ring (bicyclic) bond motifs is 1. The Morgan fingerprint density at radius 3 is 2.52 bits per heavy atom. The van der Waals surface area contributed by atoms with E-state index in [0.29, 0.717) is 11.3 Å². The Balaban J connectivity index is 1.65. The first-order chi connectivity index (χ1) is 13.0. The molecule has 2 N–H and O–H groups in total. The van der Waals surface area contributed by atoms with Crippen LogP contribution in [0.4, 0.5) is 11.4 Å². The Morgan fingerprint density at radius 1 is 0.963 bits per heavy atom. The van der Waals surface area contributed by atoms with Gasteiger partial charge in [-0.2, -0.15) is 5.10 Å². The van der Waals surface area contributed by atoms with E-state index in [1.807, 2.05) is 30.3 Å². The SMILES string of the molecule is O=C(N/N=C/c1cccc([N+](=O)[O-])c1)C(=O)Nc1cccc2ccccc12. The third kappa shape index (κ3) is 4.31. The second-order valence-electron chi connectivity index (χ2n) is 5.53. The van der Waals surface area contributed by atoms with Crippen molar-refractivity contribution in [1.82, 2.24) is 5.43 Å². The summed E-state index contributed by atoms with van der Waals surface area (Å²) in [6, 6.07) is 18.5. The molecular weight excluding hydrogens is 348 g/mol. The van der Waals surface area contributed by atoms with E-state index in [2.05, 4.69) is 15.8 Å². The maximum atomic E-state index is 12.1. The van der Waals surface area contributed by atoms with Crippen molar-refractivity contribution in [3.63, 3.8) is 0 Å². The monoisotopic (exact) mass is 362 g/mol. The van der Waals surface area contributed by atoms with E-state index in [1.165, 1.54) is 24.4 Å². The Hall–Kier alpha value is -4.07. The van der Waals surface area contributed by atoms with E-state index in [-0.39, 0.29) is 5.69 Å². The Labute approximate surface area is 153 Å². The minimum Gasteiger partial charge on any atom is -0.317 e. The Bertz CT molecular complexity index is 1060. The minimum absolute atomic E-state index is 0.0982. The number of hydrogen-bond donors (Lipinski definition) is 2. The first-order valence-electron chi connectivity index (χ1n) is 7.91. The van der Waals surface area contributed by atoms with Crippen molar-refractivity contribution in [2.75, 3.05) is 5.32 Å². The predicted molar refractivity (Wildman–Crippen MR) is 101 cm³/mol. The van der Waals surface area contributed by atoms with Gasteiger partial charge in [0.2, 0.25) is 0 Å². The summed E-state index contributed by atoms with van der Waals surface area (Å²) < 4.78 is 0. The van der Waals surface area contributed by atoms with E-state index >= 15 is 0 Å². The van der Waals surface area contributed by atoms with E-state index < -0.39 is 16.7 Å². The molecule has 0 radical (unpaired) electrons. The van der Waals surface area contributed by atoms with Crippen LogP contribution in [0, 0.1) is 10.1 Å². The van der Waals surface area contributed by atoms with Gasteiger partial charge in [0.25, 0.3) is 5.69 Å². The van der Waals surface area contributed by atoms with Gasteiger partial charge in [-0.1, -0.05) is 48.5 Å². The number of hydrogen-bond acceptors (Lipinski definition) is 5. The smallest absolute Gasteiger partial charge is 0.317 e. The number of non-ortho nitro benzene ring substituents is 1. The molecular formula is C19H14N4O4. The zero-order valence-corrected chi connectivity index (χ0v) is 14.0. The maximum absolute atomic E-state index is 12.1. The van der Waals surface area contributed by atoms with Crippen LogP contribution in [-0.2, 0) is 9.59 Å². The van der Waals surface area contributed by atoms with Crippen LogP contribution in [0.2, 0.25) is 0 Å². The third-order valence-electron chi connectivity index (χ3n) is 3.70. The number of carbonyl (C=O) groups is 2. The van der Waals surface area contributed by atoms with Gasteiger partial charge in [-0.3, -0.25) is 19.7 Å². The third-order valence-corrected chi connectivity index (χ3v) is 3.70. The maximum Gasteiger partial charge on any atom is 0.329 e. The molecule has 3 aromatic rings. The number of anilines is 1. The molecule has 27 heavy (non-hydrogen) atoms. The summed E-state index contributed by atoms with van der Waals surface area (Å²) in [5.41, 5.74) is 2.92. The lowest BCUT2D eigenvalue weighted by atomic mass is 10.1. The van der Waals surface area contributed by atoms with E-state index in [1.54, 1.807) is 18.2 Å². The average molecular weight is 362 g/mol. The summed E-state index contributed by atoms with van der Waals surface area (Å²) in [6.07, 6.45) is 1.22. The molecule has 2 amide bonds. The molecule has 0 saturated heterocycles. The van der Waals surface area contributed by atoms with Crippen molar-refractivity contribution < 1.29 is 14.5 Å². The summed E-state index contributed by atoms with van der Waals surface area (Å²) in [7, 11) is 0. The predicted octanol–water partition coefficient (Wildman–Crippen LogP) is 2.84. The van der Waals surface area contributed by atoms with Crippen molar-refractivity contribution in [3.8, 4) is 0 Å². The first kappa shape index (κ1) is 17.7. The average Bonchev–Trinajstić information content (AvgIpc) is 2.68. The molecule has 8 heteroatoms. The molecule has 0 aliphatic rings. The van der Waals surface area contributed by atoms with Crippen LogP contribution < -0.4 is 10.7 Å². The summed E-state index contributed by atoms with van der Waals surface area (Å²) >= 11 is 0. The molecule has 0 fully saturated rings. The number of amides is 2. The van der Waals surface area contributed by atoms with Gasteiger partial charge in [-0.05, 0) is 11.5 Å². The molecule has 3 aromatic carbocycles. The molecule has 0 aliphatic carbocycles. The van der Waals surface area contributed by atoms with Gasteiger partial charge in [0.15, 0.2) is 0 Å². The number of nitrogens with one attached hydrogen (secondary N) is 2. The van der Waals surface area contributed by atoms with Crippen molar-refractivity contribution in [2.24, 2.45) is 5.10 Å². The highest BCUT2D eigenvalue weighted by Crippen LogP contribution is 2.22. The molecule has 0 unspecified atom stereocenters. The van der Waals surface area contributed by atoms with Crippen LogP contribution in [0.15, 0.2) is 71.8 Å². The van der Waals surface area contributed by atoms with Gasteiger partial charge < -0.3 is 5.32 Å².